The van der Waals surface area contributed by atoms with E-state index in [2.05, 4.69) is 0 Å². The number of benzene rings is 2. The number of rotatable bonds is 4. The largest absolute Gasteiger partial charge is 0.390 e. The molecule has 21 heavy (non-hydrogen) atoms. The monoisotopic (exact) mass is 281 g/mol. The Bertz CT molecular complexity index is 597. The van der Waals surface area contributed by atoms with Crippen LogP contribution in [0.15, 0.2) is 60.7 Å². The smallest absolute Gasteiger partial charge is 0.229 e. The van der Waals surface area contributed by atoms with Crippen LogP contribution in [-0.4, -0.2) is 28.6 Å². The van der Waals surface area contributed by atoms with E-state index in [-0.39, 0.29) is 11.8 Å². The molecule has 3 rings (SSSR count). The zero-order chi connectivity index (χ0) is 14.7. The molecule has 0 aliphatic carbocycles. The summed E-state index contributed by atoms with van der Waals surface area (Å²) in [5, 5.41) is 10.2. The van der Waals surface area contributed by atoms with Gasteiger partial charge in [0.1, 0.15) is 0 Å². The minimum absolute atomic E-state index is 0.0511. The quantitative estimate of drug-likeness (QED) is 0.933. The fourth-order valence-electron chi connectivity index (χ4n) is 2.88. The van der Waals surface area contributed by atoms with Crippen molar-refractivity contribution in [1.29, 1.82) is 0 Å². The molecule has 2 aromatic carbocycles. The van der Waals surface area contributed by atoms with Crippen LogP contribution in [-0.2, 0) is 17.8 Å². The molecule has 1 heterocycles. The van der Waals surface area contributed by atoms with Crippen molar-refractivity contribution in [2.75, 3.05) is 6.54 Å². The van der Waals surface area contributed by atoms with Crippen molar-refractivity contribution in [3.63, 3.8) is 0 Å². The van der Waals surface area contributed by atoms with E-state index in [1.807, 2.05) is 60.7 Å². The standard InChI is InChI=1S/C18H19NO2/c20-17-13-19(12-15-9-5-2-6-10-15)18(21)16(17)11-14-7-3-1-4-8-14/h1-10,16-17,20H,11-13H2. The molecule has 1 fully saturated rings. The molecule has 0 spiro atoms. The van der Waals surface area contributed by atoms with Crippen molar-refractivity contribution in [3.8, 4) is 0 Å². The highest BCUT2D eigenvalue weighted by molar-refractivity contribution is 5.82. The molecule has 108 valence electrons. The Hall–Kier alpha value is -2.13. The van der Waals surface area contributed by atoms with Gasteiger partial charge in [0, 0.05) is 13.1 Å². The first-order chi connectivity index (χ1) is 10.2. The summed E-state index contributed by atoms with van der Waals surface area (Å²) >= 11 is 0. The second kappa shape index (κ2) is 6.10. The number of carbonyl (C=O) groups is 1. The molecule has 0 saturated carbocycles. The summed E-state index contributed by atoms with van der Waals surface area (Å²) in [5.74, 6) is -0.272. The molecular formula is C18H19NO2. The highest BCUT2D eigenvalue weighted by Gasteiger charge is 2.38. The molecule has 3 nitrogen and oxygen atoms in total. The third-order valence-corrected chi connectivity index (χ3v) is 4.02. The number of aliphatic hydroxyl groups is 1. The lowest BCUT2D eigenvalue weighted by Gasteiger charge is -2.16. The molecule has 1 aliphatic rings. The molecule has 2 unspecified atom stereocenters. The van der Waals surface area contributed by atoms with Gasteiger partial charge < -0.3 is 10.0 Å². The SMILES string of the molecule is O=C1C(Cc2ccccc2)C(O)CN1Cc1ccccc1. The lowest BCUT2D eigenvalue weighted by molar-refractivity contribution is -0.131. The molecule has 2 atom stereocenters. The Kier molecular flexibility index (Phi) is 4.02. The van der Waals surface area contributed by atoms with Crippen LogP contribution >= 0.6 is 0 Å². The van der Waals surface area contributed by atoms with Gasteiger partial charge in [-0.3, -0.25) is 4.79 Å². The molecule has 3 heteroatoms. The van der Waals surface area contributed by atoms with Gasteiger partial charge in [0.15, 0.2) is 0 Å². The number of aliphatic hydroxyl groups excluding tert-OH is 1. The van der Waals surface area contributed by atoms with E-state index in [0.717, 1.165) is 11.1 Å². The molecule has 2 aromatic rings. The molecular weight excluding hydrogens is 262 g/mol. The highest BCUT2D eigenvalue weighted by Crippen LogP contribution is 2.24. The first kappa shape index (κ1) is 13.8. The van der Waals surface area contributed by atoms with Crippen molar-refractivity contribution >= 4 is 5.91 Å². The Morgan fingerprint density at radius 1 is 0.952 bits per heavy atom. The molecule has 1 saturated heterocycles. The minimum atomic E-state index is -0.582. The second-order valence-corrected chi connectivity index (χ2v) is 5.57. The van der Waals surface area contributed by atoms with E-state index in [1.54, 1.807) is 4.90 Å². The molecule has 0 bridgehead atoms. The van der Waals surface area contributed by atoms with Crippen LogP contribution < -0.4 is 0 Å². The fraction of sp³-hybridized carbons (Fsp3) is 0.278. The average molecular weight is 281 g/mol. The van der Waals surface area contributed by atoms with Gasteiger partial charge in [0.2, 0.25) is 5.91 Å². The number of likely N-dealkylation sites (tertiary alicyclic amines) is 1. The van der Waals surface area contributed by atoms with E-state index < -0.39 is 6.10 Å². The zero-order valence-corrected chi connectivity index (χ0v) is 11.9. The minimum Gasteiger partial charge on any atom is -0.390 e. The van der Waals surface area contributed by atoms with Crippen molar-refractivity contribution in [3.05, 3.63) is 71.8 Å². The van der Waals surface area contributed by atoms with Gasteiger partial charge in [0.05, 0.1) is 12.0 Å². The van der Waals surface area contributed by atoms with Gasteiger partial charge in [0.25, 0.3) is 0 Å². The van der Waals surface area contributed by atoms with Crippen molar-refractivity contribution < 1.29 is 9.90 Å². The maximum absolute atomic E-state index is 12.5. The van der Waals surface area contributed by atoms with Gasteiger partial charge in [-0.1, -0.05) is 60.7 Å². The number of amides is 1. The Balaban J connectivity index is 1.69. The second-order valence-electron chi connectivity index (χ2n) is 5.57. The first-order valence-electron chi connectivity index (χ1n) is 7.29. The fourth-order valence-corrected chi connectivity index (χ4v) is 2.88. The van der Waals surface area contributed by atoms with Gasteiger partial charge in [-0.05, 0) is 17.5 Å². The molecule has 1 N–H and O–H groups in total. The van der Waals surface area contributed by atoms with E-state index in [0.29, 0.717) is 19.5 Å². The third-order valence-electron chi connectivity index (χ3n) is 4.02. The van der Waals surface area contributed by atoms with Crippen LogP contribution in [0.25, 0.3) is 0 Å². The molecule has 1 aliphatic heterocycles. The highest BCUT2D eigenvalue weighted by atomic mass is 16.3. The topological polar surface area (TPSA) is 40.5 Å². The van der Waals surface area contributed by atoms with Gasteiger partial charge >= 0.3 is 0 Å². The van der Waals surface area contributed by atoms with Crippen molar-refractivity contribution in [1.82, 2.24) is 4.90 Å². The average Bonchev–Trinajstić information content (AvgIpc) is 2.77. The maximum Gasteiger partial charge on any atom is 0.229 e. The van der Waals surface area contributed by atoms with Crippen LogP contribution in [0.4, 0.5) is 0 Å². The van der Waals surface area contributed by atoms with Crippen LogP contribution in [0.2, 0.25) is 0 Å². The molecule has 0 aromatic heterocycles. The van der Waals surface area contributed by atoms with Gasteiger partial charge in [-0.25, -0.2) is 0 Å². The summed E-state index contributed by atoms with van der Waals surface area (Å²) in [6.45, 7) is 0.993. The predicted octanol–water partition coefficient (Wildman–Crippen LogP) is 2.25. The summed E-state index contributed by atoms with van der Waals surface area (Å²) in [7, 11) is 0. The normalized spacial score (nSPS) is 21.8. The summed E-state index contributed by atoms with van der Waals surface area (Å²) in [6.07, 6.45) is 0.0213. The zero-order valence-electron chi connectivity index (χ0n) is 11.9. The number of nitrogens with zero attached hydrogens (tertiary/aromatic N) is 1. The van der Waals surface area contributed by atoms with E-state index in [4.69, 9.17) is 0 Å². The maximum atomic E-state index is 12.5. The van der Waals surface area contributed by atoms with Crippen molar-refractivity contribution in [2.24, 2.45) is 5.92 Å². The predicted molar refractivity (Wildman–Crippen MR) is 81.5 cm³/mol. The summed E-state index contributed by atoms with van der Waals surface area (Å²) in [4.78, 5) is 14.2. The summed E-state index contributed by atoms with van der Waals surface area (Å²) in [6, 6.07) is 19.8. The molecule has 0 radical (unpaired) electrons. The Morgan fingerprint density at radius 3 is 2.14 bits per heavy atom. The van der Waals surface area contributed by atoms with Crippen LogP contribution in [0.1, 0.15) is 11.1 Å². The summed E-state index contributed by atoms with van der Waals surface area (Å²) in [5.41, 5.74) is 2.19. The summed E-state index contributed by atoms with van der Waals surface area (Å²) < 4.78 is 0. The van der Waals surface area contributed by atoms with Crippen LogP contribution in [0.3, 0.4) is 0 Å². The lowest BCUT2D eigenvalue weighted by atomic mass is 9.96. The van der Waals surface area contributed by atoms with Gasteiger partial charge in [-0.15, -0.1) is 0 Å². The van der Waals surface area contributed by atoms with E-state index in [1.165, 1.54) is 0 Å². The third kappa shape index (κ3) is 3.14. The Labute approximate surface area is 124 Å². The van der Waals surface area contributed by atoms with Crippen LogP contribution in [0.5, 0.6) is 0 Å². The van der Waals surface area contributed by atoms with E-state index >= 15 is 0 Å². The number of β-amino-alcohol motifs (C(OH)–C–C–N with tert-alkyl or cyclic N) is 1. The lowest BCUT2D eigenvalue weighted by Crippen LogP contribution is -2.27. The van der Waals surface area contributed by atoms with Crippen LogP contribution in [0, 0.1) is 5.92 Å². The first-order valence-corrected chi connectivity index (χ1v) is 7.29. The number of carbonyl (C=O) groups excluding carboxylic acids is 1. The van der Waals surface area contributed by atoms with E-state index in [9.17, 15) is 9.90 Å². The Morgan fingerprint density at radius 2 is 1.52 bits per heavy atom. The van der Waals surface area contributed by atoms with Gasteiger partial charge in [-0.2, -0.15) is 0 Å². The number of hydrogen-bond donors (Lipinski definition) is 1. The number of hydrogen-bond acceptors (Lipinski definition) is 2. The molecule has 1 amide bonds. The van der Waals surface area contributed by atoms with Crippen molar-refractivity contribution in [2.45, 2.75) is 19.1 Å².